The average molecular weight is 321 g/mol. The Hall–Kier alpha value is -1.92. The maximum absolute atomic E-state index is 6.08. The van der Waals surface area contributed by atoms with Crippen LogP contribution in [0.5, 0.6) is 0 Å². The third-order valence-electron chi connectivity index (χ3n) is 2.41. The van der Waals surface area contributed by atoms with Gasteiger partial charge in [0.2, 0.25) is 5.82 Å². The second kappa shape index (κ2) is 5.60. The Balaban J connectivity index is 1.97. The van der Waals surface area contributed by atoms with Gasteiger partial charge in [0.1, 0.15) is 0 Å². The lowest BCUT2D eigenvalue weighted by atomic mass is 10.2. The Kier molecular flexibility index (Phi) is 3.66. The van der Waals surface area contributed by atoms with Crippen LogP contribution in [0.3, 0.4) is 0 Å². The van der Waals surface area contributed by atoms with Crippen LogP contribution < -0.4 is 0 Å². The second-order valence-electron chi connectivity index (χ2n) is 3.63. The van der Waals surface area contributed by atoms with Crippen LogP contribution in [-0.2, 0) is 0 Å². The molecule has 3 rings (SSSR count). The topological polar surface area (TPSA) is 64.2 Å². The summed E-state index contributed by atoms with van der Waals surface area (Å²) in [4.78, 5) is 12.3. The minimum absolute atomic E-state index is 0.370. The average Bonchev–Trinajstić information content (AvgIpc) is 3.11. The van der Waals surface area contributed by atoms with E-state index in [0.29, 0.717) is 33.0 Å². The second-order valence-corrected chi connectivity index (χ2v) is 5.11. The standard InChI is InChI=1S/C12H5ClN4OS2/c13-8-5-7(1-2-9(8)15-6-19)11-16-10(17-18-11)12-14-3-4-20-12/h1-5H. The molecule has 0 unspecified atom stereocenters. The van der Waals surface area contributed by atoms with Crippen molar-refractivity contribution in [3.8, 4) is 22.3 Å². The number of hydrogen-bond donors (Lipinski definition) is 0. The van der Waals surface area contributed by atoms with E-state index in [9.17, 15) is 0 Å². The normalized spacial score (nSPS) is 10.2. The maximum atomic E-state index is 6.08. The molecule has 1 aromatic carbocycles. The molecule has 20 heavy (non-hydrogen) atoms. The molecule has 0 atom stereocenters. The third kappa shape index (κ3) is 2.52. The van der Waals surface area contributed by atoms with Gasteiger partial charge in [-0.15, -0.1) is 11.3 Å². The highest BCUT2D eigenvalue weighted by atomic mass is 35.5. The molecular weight excluding hydrogens is 316 g/mol. The van der Waals surface area contributed by atoms with Crippen molar-refractivity contribution in [2.24, 2.45) is 4.99 Å². The molecule has 0 saturated carbocycles. The summed E-state index contributed by atoms with van der Waals surface area (Å²) in [5, 5.41) is 9.15. The van der Waals surface area contributed by atoms with Gasteiger partial charge in [-0.1, -0.05) is 16.8 Å². The molecule has 0 fully saturated rings. The predicted molar refractivity (Wildman–Crippen MR) is 80.5 cm³/mol. The van der Waals surface area contributed by atoms with Gasteiger partial charge in [0.15, 0.2) is 5.01 Å². The van der Waals surface area contributed by atoms with Crippen LogP contribution in [-0.4, -0.2) is 20.3 Å². The quantitative estimate of drug-likeness (QED) is 0.533. The largest absolute Gasteiger partial charge is 0.334 e. The van der Waals surface area contributed by atoms with E-state index in [1.807, 2.05) is 5.38 Å². The SMILES string of the molecule is S=C=Nc1ccc(-c2nc(-c3nccs3)no2)cc1Cl. The summed E-state index contributed by atoms with van der Waals surface area (Å²) >= 11 is 12.1. The van der Waals surface area contributed by atoms with E-state index in [1.54, 1.807) is 24.4 Å². The fourth-order valence-electron chi connectivity index (χ4n) is 1.54. The number of rotatable bonds is 3. The number of thiazole rings is 1. The fraction of sp³-hybridized carbons (Fsp3) is 0. The molecule has 98 valence electrons. The van der Waals surface area contributed by atoms with Crippen LogP contribution in [0.4, 0.5) is 5.69 Å². The van der Waals surface area contributed by atoms with Crippen molar-refractivity contribution in [2.75, 3.05) is 0 Å². The van der Waals surface area contributed by atoms with E-state index < -0.39 is 0 Å². The Bertz CT molecular complexity index is 794. The molecule has 8 heteroatoms. The zero-order valence-corrected chi connectivity index (χ0v) is 12.2. The van der Waals surface area contributed by atoms with Gasteiger partial charge < -0.3 is 4.52 Å². The number of nitrogens with zero attached hydrogens (tertiary/aromatic N) is 4. The third-order valence-corrected chi connectivity index (χ3v) is 3.57. The first-order valence-electron chi connectivity index (χ1n) is 5.39. The van der Waals surface area contributed by atoms with Gasteiger partial charge in [0.05, 0.1) is 15.9 Å². The molecular formula is C12H5ClN4OS2. The number of benzene rings is 1. The van der Waals surface area contributed by atoms with Crippen molar-refractivity contribution < 1.29 is 4.52 Å². The molecule has 0 N–H and O–H groups in total. The van der Waals surface area contributed by atoms with E-state index in [-0.39, 0.29) is 0 Å². The molecule has 0 saturated heterocycles. The smallest absolute Gasteiger partial charge is 0.258 e. The predicted octanol–water partition coefficient (Wildman–Crippen LogP) is 4.25. The minimum atomic E-state index is 0.370. The summed E-state index contributed by atoms with van der Waals surface area (Å²) in [6, 6.07) is 5.17. The Morgan fingerprint density at radius 3 is 3.00 bits per heavy atom. The van der Waals surface area contributed by atoms with E-state index in [4.69, 9.17) is 16.1 Å². The van der Waals surface area contributed by atoms with E-state index in [0.717, 1.165) is 0 Å². The summed E-state index contributed by atoms with van der Waals surface area (Å²) in [5.41, 5.74) is 1.25. The first kappa shape index (κ1) is 13.1. The number of thiocarbonyl (C=S) groups is 1. The Morgan fingerprint density at radius 1 is 1.40 bits per heavy atom. The van der Waals surface area contributed by atoms with Crippen molar-refractivity contribution in [3.63, 3.8) is 0 Å². The van der Waals surface area contributed by atoms with Gasteiger partial charge in [-0.25, -0.2) is 4.98 Å². The summed E-state index contributed by atoms with van der Waals surface area (Å²) in [5.74, 6) is 0.821. The van der Waals surface area contributed by atoms with Crippen LogP contribution in [0.15, 0.2) is 39.3 Å². The molecule has 0 amide bonds. The molecule has 0 radical (unpaired) electrons. The van der Waals surface area contributed by atoms with Crippen molar-refractivity contribution in [1.82, 2.24) is 15.1 Å². The van der Waals surface area contributed by atoms with Gasteiger partial charge in [0, 0.05) is 17.1 Å². The first-order valence-corrected chi connectivity index (χ1v) is 7.06. The molecule has 0 aliphatic heterocycles. The molecule has 0 aliphatic carbocycles. The monoisotopic (exact) mass is 320 g/mol. The van der Waals surface area contributed by atoms with E-state index in [1.165, 1.54) is 11.3 Å². The molecule has 2 heterocycles. The van der Waals surface area contributed by atoms with Crippen LogP contribution in [0.2, 0.25) is 5.02 Å². The lowest BCUT2D eigenvalue weighted by Gasteiger charge is -1.98. The molecule has 5 nitrogen and oxygen atoms in total. The van der Waals surface area contributed by atoms with Crippen LogP contribution >= 0.6 is 35.2 Å². The van der Waals surface area contributed by atoms with Gasteiger partial charge in [0.25, 0.3) is 5.89 Å². The molecule has 3 aromatic rings. The van der Waals surface area contributed by atoms with E-state index in [2.05, 4.69) is 37.5 Å². The first-order chi connectivity index (χ1) is 9.78. The van der Waals surface area contributed by atoms with Gasteiger partial charge >= 0.3 is 0 Å². The number of aromatic nitrogens is 3. The molecule has 2 aromatic heterocycles. The number of aliphatic imine (C=N–C) groups is 1. The molecule has 0 spiro atoms. The summed E-state index contributed by atoms with van der Waals surface area (Å²) in [6.45, 7) is 0. The summed E-state index contributed by atoms with van der Waals surface area (Å²) in [7, 11) is 0. The van der Waals surface area contributed by atoms with Crippen molar-refractivity contribution in [3.05, 3.63) is 34.8 Å². The van der Waals surface area contributed by atoms with Crippen LogP contribution in [0, 0.1) is 0 Å². The number of hydrogen-bond acceptors (Lipinski definition) is 7. The summed E-state index contributed by atoms with van der Waals surface area (Å²) in [6.07, 6.45) is 1.69. The Labute approximate surface area is 128 Å². The maximum Gasteiger partial charge on any atom is 0.258 e. The molecule has 0 aliphatic rings. The Morgan fingerprint density at radius 2 is 2.30 bits per heavy atom. The zero-order chi connectivity index (χ0) is 13.9. The lowest BCUT2D eigenvalue weighted by molar-refractivity contribution is 0.432. The van der Waals surface area contributed by atoms with Gasteiger partial charge in [-0.2, -0.15) is 9.98 Å². The highest BCUT2D eigenvalue weighted by molar-refractivity contribution is 7.78. The number of isothiocyanates is 1. The fourth-order valence-corrected chi connectivity index (χ4v) is 2.42. The van der Waals surface area contributed by atoms with Crippen molar-refractivity contribution in [1.29, 1.82) is 0 Å². The van der Waals surface area contributed by atoms with Crippen molar-refractivity contribution >= 4 is 46.0 Å². The lowest BCUT2D eigenvalue weighted by Crippen LogP contribution is -1.80. The van der Waals surface area contributed by atoms with Gasteiger partial charge in [-0.3, -0.25) is 0 Å². The number of halogens is 1. The zero-order valence-electron chi connectivity index (χ0n) is 9.78. The molecule has 0 bridgehead atoms. The van der Waals surface area contributed by atoms with E-state index >= 15 is 0 Å². The highest BCUT2D eigenvalue weighted by Crippen LogP contribution is 2.30. The van der Waals surface area contributed by atoms with Crippen LogP contribution in [0.25, 0.3) is 22.3 Å². The van der Waals surface area contributed by atoms with Crippen LogP contribution in [0.1, 0.15) is 0 Å². The minimum Gasteiger partial charge on any atom is -0.334 e. The highest BCUT2D eigenvalue weighted by Gasteiger charge is 2.13. The van der Waals surface area contributed by atoms with Crippen molar-refractivity contribution in [2.45, 2.75) is 0 Å². The van der Waals surface area contributed by atoms with Gasteiger partial charge in [-0.05, 0) is 30.4 Å². The summed E-state index contributed by atoms with van der Waals surface area (Å²) < 4.78 is 5.21.